The van der Waals surface area contributed by atoms with Gasteiger partial charge in [0.25, 0.3) is 0 Å². The van der Waals surface area contributed by atoms with Crippen LogP contribution in [0.4, 0.5) is 4.39 Å². The van der Waals surface area contributed by atoms with E-state index in [0.29, 0.717) is 25.1 Å². The first-order valence-corrected chi connectivity index (χ1v) is 8.00. The van der Waals surface area contributed by atoms with E-state index in [1.54, 1.807) is 30.6 Å². The number of hydrogen-bond donors (Lipinski definition) is 2. The minimum absolute atomic E-state index is 0.224. The zero-order chi connectivity index (χ0) is 17.8. The predicted octanol–water partition coefficient (Wildman–Crippen LogP) is 3.38. The van der Waals surface area contributed by atoms with E-state index in [1.807, 2.05) is 16.7 Å². The van der Waals surface area contributed by atoms with E-state index >= 15 is 0 Å². The molecule has 0 bridgehead atoms. The highest BCUT2D eigenvalue weighted by Crippen LogP contribution is 2.19. The van der Waals surface area contributed by atoms with Crippen molar-refractivity contribution in [2.45, 2.75) is 19.4 Å². The van der Waals surface area contributed by atoms with Gasteiger partial charge in [0.2, 0.25) is 0 Å². The summed E-state index contributed by atoms with van der Waals surface area (Å²) >= 11 is 0. The van der Waals surface area contributed by atoms with Crippen LogP contribution in [0.15, 0.2) is 67.1 Å². The highest BCUT2D eigenvalue weighted by molar-refractivity contribution is 5.30. The Hall–Kier alpha value is -3.08. The number of hydrogen-bond acceptors (Lipinski definition) is 3. The number of nitrogens with zero attached hydrogens (tertiary/aromatic N) is 2. The summed E-state index contributed by atoms with van der Waals surface area (Å²) in [4.78, 5) is 4.49. The first-order chi connectivity index (χ1) is 12.0. The van der Waals surface area contributed by atoms with Gasteiger partial charge in [0.05, 0.1) is 12.0 Å². The normalized spacial score (nSPS) is 10.8. The van der Waals surface area contributed by atoms with Crippen molar-refractivity contribution in [3.63, 3.8) is 0 Å². The van der Waals surface area contributed by atoms with Crippen LogP contribution in [0.5, 0.6) is 5.75 Å². The van der Waals surface area contributed by atoms with Gasteiger partial charge in [-0.05, 0) is 35.4 Å². The summed E-state index contributed by atoms with van der Waals surface area (Å²) in [6.45, 7) is 4.35. The summed E-state index contributed by atoms with van der Waals surface area (Å²) in [7, 11) is 0. The van der Waals surface area contributed by atoms with E-state index in [1.165, 1.54) is 12.1 Å². The van der Waals surface area contributed by atoms with Gasteiger partial charge in [0, 0.05) is 30.8 Å². The molecule has 25 heavy (non-hydrogen) atoms. The molecule has 0 aliphatic rings. The smallest absolute Gasteiger partial charge is 0.123 e. The van der Waals surface area contributed by atoms with E-state index in [-0.39, 0.29) is 11.6 Å². The van der Waals surface area contributed by atoms with E-state index in [4.69, 9.17) is 5.73 Å². The van der Waals surface area contributed by atoms with Crippen LogP contribution in [0.3, 0.4) is 0 Å². The molecule has 0 atom stereocenters. The molecule has 0 fully saturated rings. The number of phenolic OH excluding ortho intramolecular Hbond substituents is 1. The highest BCUT2D eigenvalue weighted by Gasteiger charge is 2.13. The first kappa shape index (κ1) is 16.8. The van der Waals surface area contributed by atoms with Crippen LogP contribution in [0.2, 0.25) is 0 Å². The molecule has 0 saturated carbocycles. The standard InChI is InChI=1S/C20H20FN3O/c1-14(22)8-20-19(11-15-4-2-6-17(21)9-15)23-13-24(20)12-16-5-3-7-18(25)10-16/h2-7,9-10,13,25H,1,8,11-12,22H2. The topological polar surface area (TPSA) is 64.1 Å². The third-order valence-electron chi connectivity index (χ3n) is 3.95. The number of aromatic hydroxyl groups is 1. The summed E-state index contributed by atoms with van der Waals surface area (Å²) in [5.41, 5.74) is 9.96. The van der Waals surface area contributed by atoms with Crippen molar-refractivity contribution in [2.75, 3.05) is 0 Å². The van der Waals surface area contributed by atoms with Gasteiger partial charge in [0.1, 0.15) is 11.6 Å². The second-order valence-corrected chi connectivity index (χ2v) is 6.08. The van der Waals surface area contributed by atoms with Gasteiger partial charge in [-0.25, -0.2) is 9.37 Å². The fourth-order valence-corrected chi connectivity index (χ4v) is 2.84. The van der Waals surface area contributed by atoms with Gasteiger partial charge in [-0.3, -0.25) is 0 Å². The molecular weight excluding hydrogens is 317 g/mol. The molecule has 0 radical (unpaired) electrons. The number of aromatic nitrogens is 2. The summed E-state index contributed by atoms with van der Waals surface area (Å²) in [6.07, 6.45) is 2.76. The summed E-state index contributed by atoms with van der Waals surface area (Å²) in [5, 5.41) is 9.64. The summed E-state index contributed by atoms with van der Waals surface area (Å²) in [5.74, 6) is -0.0381. The molecule has 5 heteroatoms. The lowest BCUT2D eigenvalue weighted by Gasteiger charge is -2.11. The molecule has 0 aliphatic carbocycles. The average molecular weight is 337 g/mol. The molecule has 128 valence electrons. The molecule has 0 spiro atoms. The SMILES string of the molecule is C=C(N)Cc1c(Cc2cccc(F)c2)ncn1Cc1cccc(O)c1. The van der Waals surface area contributed by atoms with Crippen LogP contribution in [-0.4, -0.2) is 14.7 Å². The average Bonchev–Trinajstić information content (AvgIpc) is 2.89. The zero-order valence-electron chi connectivity index (χ0n) is 13.8. The fourth-order valence-electron chi connectivity index (χ4n) is 2.84. The van der Waals surface area contributed by atoms with E-state index in [9.17, 15) is 9.50 Å². The Labute approximate surface area is 146 Å². The van der Waals surface area contributed by atoms with Crippen molar-refractivity contribution in [2.24, 2.45) is 5.73 Å². The van der Waals surface area contributed by atoms with Gasteiger partial charge < -0.3 is 15.4 Å². The third kappa shape index (κ3) is 4.26. The molecule has 4 nitrogen and oxygen atoms in total. The minimum atomic E-state index is -0.263. The van der Waals surface area contributed by atoms with Crippen molar-refractivity contribution in [3.05, 3.63) is 95.5 Å². The van der Waals surface area contributed by atoms with Crippen molar-refractivity contribution in [3.8, 4) is 5.75 Å². The van der Waals surface area contributed by atoms with Crippen LogP contribution >= 0.6 is 0 Å². The van der Waals surface area contributed by atoms with Crippen molar-refractivity contribution >= 4 is 0 Å². The second kappa shape index (κ2) is 7.21. The van der Waals surface area contributed by atoms with E-state index < -0.39 is 0 Å². The van der Waals surface area contributed by atoms with Crippen LogP contribution in [0.25, 0.3) is 0 Å². The number of benzene rings is 2. The summed E-state index contributed by atoms with van der Waals surface area (Å²) in [6, 6.07) is 13.6. The first-order valence-electron chi connectivity index (χ1n) is 8.00. The molecule has 1 aromatic heterocycles. The monoisotopic (exact) mass is 337 g/mol. The van der Waals surface area contributed by atoms with Crippen LogP contribution in [-0.2, 0) is 19.4 Å². The maximum atomic E-state index is 13.4. The lowest BCUT2D eigenvalue weighted by molar-refractivity contribution is 0.474. The minimum Gasteiger partial charge on any atom is -0.508 e. The third-order valence-corrected chi connectivity index (χ3v) is 3.95. The molecule has 0 aliphatic heterocycles. The second-order valence-electron chi connectivity index (χ2n) is 6.08. The van der Waals surface area contributed by atoms with Gasteiger partial charge in [-0.2, -0.15) is 0 Å². The van der Waals surface area contributed by atoms with Crippen LogP contribution in [0, 0.1) is 5.82 Å². The van der Waals surface area contributed by atoms with Gasteiger partial charge in [-0.15, -0.1) is 0 Å². The molecular formula is C20H20FN3O. The maximum Gasteiger partial charge on any atom is 0.123 e. The van der Waals surface area contributed by atoms with Crippen LogP contribution in [0.1, 0.15) is 22.5 Å². The molecule has 0 unspecified atom stereocenters. The van der Waals surface area contributed by atoms with Crippen molar-refractivity contribution in [1.82, 2.24) is 9.55 Å². The Bertz CT molecular complexity index is 836. The van der Waals surface area contributed by atoms with E-state index in [0.717, 1.165) is 22.5 Å². The van der Waals surface area contributed by atoms with Crippen molar-refractivity contribution in [1.29, 1.82) is 0 Å². The number of phenols is 1. The Morgan fingerprint density at radius 3 is 2.64 bits per heavy atom. The Balaban J connectivity index is 1.91. The molecule has 3 N–H and O–H groups in total. The number of nitrogens with two attached hydrogens (primary N) is 1. The maximum absolute atomic E-state index is 13.4. The van der Waals surface area contributed by atoms with Gasteiger partial charge >= 0.3 is 0 Å². The quantitative estimate of drug-likeness (QED) is 0.725. The lowest BCUT2D eigenvalue weighted by atomic mass is 10.1. The molecule has 0 saturated heterocycles. The van der Waals surface area contributed by atoms with Gasteiger partial charge in [0.15, 0.2) is 0 Å². The zero-order valence-corrected chi connectivity index (χ0v) is 13.8. The molecule has 3 rings (SSSR count). The Kier molecular flexibility index (Phi) is 4.84. The number of imidazole rings is 1. The van der Waals surface area contributed by atoms with E-state index in [2.05, 4.69) is 11.6 Å². The Morgan fingerprint density at radius 1 is 1.16 bits per heavy atom. The number of halogens is 1. The lowest BCUT2D eigenvalue weighted by Crippen LogP contribution is -2.09. The largest absolute Gasteiger partial charge is 0.508 e. The fraction of sp³-hybridized carbons (Fsp3) is 0.150. The summed E-state index contributed by atoms with van der Waals surface area (Å²) < 4.78 is 15.4. The molecule has 3 aromatic rings. The highest BCUT2D eigenvalue weighted by atomic mass is 19.1. The molecule has 0 amide bonds. The Morgan fingerprint density at radius 2 is 1.92 bits per heavy atom. The van der Waals surface area contributed by atoms with Gasteiger partial charge in [-0.1, -0.05) is 30.8 Å². The predicted molar refractivity (Wildman–Crippen MR) is 95.7 cm³/mol. The molecule has 1 heterocycles. The number of allylic oxidation sites excluding steroid dienone is 1. The van der Waals surface area contributed by atoms with Crippen LogP contribution < -0.4 is 5.73 Å². The molecule has 2 aromatic carbocycles. The number of rotatable bonds is 6. The van der Waals surface area contributed by atoms with Crippen molar-refractivity contribution < 1.29 is 9.50 Å².